The molecule has 0 saturated carbocycles. The molecule has 2 aromatic carbocycles. The SMILES string of the molecule is COc1ccc(CC(=O)N(C)C(C)c2ccc(-n3cncn3)cc2)cc1OC. The molecule has 0 N–H and O–H groups in total. The van der Waals surface area contributed by atoms with Crippen molar-refractivity contribution in [3.8, 4) is 17.2 Å². The lowest BCUT2D eigenvalue weighted by Gasteiger charge is -2.26. The van der Waals surface area contributed by atoms with E-state index in [9.17, 15) is 4.79 Å². The molecule has 0 saturated heterocycles. The first kappa shape index (κ1) is 19.4. The number of rotatable bonds is 7. The summed E-state index contributed by atoms with van der Waals surface area (Å²) in [6.45, 7) is 2.01. The summed E-state index contributed by atoms with van der Waals surface area (Å²) in [5.74, 6) is 1.29. The Labute approximate surface area is 164 Å². The Morgan fingerprint density at radius 3 is 2.43 bits per heavy atom. The van der Waals surface area contributed by atoms with Gasteiger partial charge in [-0.3, -0.25) is 4.79 Å². The number of hydrogen-bond donors (Lipinski definition) is 0. The monoisotopic (exact) mass is 380 g/mol. The summed E-state index contributed by atoms with van der Waals surface area (Å²) in [5, 5.41) is 4.12. The maximum atomic E-state index is 12.8. The van der Waals surface area contributed by atoms with Gasteiger partial charge < -0.3 is 14.4 Å². The maximum absolute atomic E-state index is 12.8. The highest BCUT2D eigenvalue weighted by Gasteiger charge is 2.18. The third-order valence-electron chi connectivity index (χ3n) is 4.84. The first-order valence-corrected chi connectivity index (χ1v) is 8.95. The fraction of sp³-hybridized carbons (Fsp3) is 0.286. The van der Waals surface area contributed by atoms with E-state index in [1.807, 2.05) is 56.4 Å². The van der Waals surface area contributed by atoms with Crippen LogP contribution in [0.2, 0.25) is 0 Å². The second-order valence-electron chi connectivity index (χ2n) is 6.48. The molecule has 0 radical (unpaired) electrons. The van der Waals surface area contributed by atoms with Gasteiger partial charge >= 0.3 is 0 Å². The minimum Gasteiger partial charge on any atom is -0.493 e. The number of ether oxygens (including phenoxy) is 2. The van der Waals surface area contributed by atoms with E-state index >= 15 is 0 Å². The van der Waals surface area contributed by atoms with E-state index < -0.39 is 0 Å². The van der Waals surface area contributed by atoms with E-state index in [0.717, 1.165) is 16.8 Å². The molecule has 0 fully saturated rings. The number of benzene rings is 2. The van der Waals surface area contributed by atoms with Crippen molar-refractivity contribution >= 4 is 5.91 Å². The number of carbonyl (C=O) groups is 1. The van der Waals surface area contributed by atoms with Crippen molar-refractivity contribution in [3.05, 3.63) is 66.2 Å². The third kappa shape index (κ3) is 4.14. The summed E-state index contributed by atoms with van der Waals surface area (Å²) < 4.78 is 12.3. The molecule has 0 spiro atoms. The van der Waals surface area contributed by atoms with E-state index in [1.54, 1.807) is 30.1 Å². The van der Waals surface area contributed by atoms with Crippen LogP contribution in [0.25, 0.3) is 5.69 Å². The van der Waals surface area contributed by atoms with Crippen molar-refractivity contribution in [3.63, 3.8) is 0 Å². The molecule has 0 aliphatic carbocycles. The Kier molecular flexibility index (Phi) is 5.93. The van der Waals surface area contributed by atoms with Crippen LogP contribution in [0.4, 0.5) is 0 Å². The van der Waals surface area contributed by atoms with Crippen LogP contribution in [0.5, 0.6) is 11.5 Å². The number of methoxy groups -OCH3 is 2. The molecule has 28 heavy (non-hydrogen) atoms. The molecule has 0 bridgehead atoms. The Balaban J connectivity index is 1.69. The molecule has 0 aliphatic heterocycles. The van der Waals surface area contributed by atoms with Gasteiger partial charge in [-0.1, -0.05) is 18.2 Å². The van der Waals surface area contributed by atoms with Gasteiger partial charge in [-0.05, 0) is 42.3 Å². The lowest BCUT2D eigenvalue weighted by atomic mass is 10.1. The molecular weight excluding hydrogens is 356 g/mol. The highest BCUT2D eigenvalue weighted by atomic mass is 16.5. The van der Waals surface area contributed by atoms with Crippen LogP contribution < -0.4 is 9.47 Å². The molecule has 7 nitrogen and oxygen atoms in total. The normalized spacial score (nSPS) is 11.7. The Morgan fingerprint density at radius 1 is 1.11 bits per heavy atom. The van der Waals surface area contributed by atoms with E-state index in [2.05, 4.69) is 10.1 Å². The van der Waals surface area contributed by atoms with Gasteiger partial charge in [0.1, 0.15) is 12.7 Å². The largest absolute Gasteiger partial charge is 0.493 e. The Hall–Kier alpha value is -3.35. The first-order valence-electron chi connectivity index (χ1n) is 8.95. The van der Waals surface area contributed by atoms with Gasteiger partial charge in [-0.2, -0.15) is 5.10 Å². The maximum Gasteiger partial charge on any atom is 0.227 e. The molecule has 3 aromatic rings. The summed E-state index contributed by atoms with van der Waals surface area (Å²) in [6.07, 6.45) is 3.44. The fourth-order valence-corrected chi connectivity index (χ4v) is 2.98. The molecule has 1 heterocycles. The quantitative estimate of drug-likeness (QED) is 0.630. The molecule has 1 atom stereocenters. The highest BCUT2D eigenvalue weighted by Crippen LogP contribution is 2.28. The molecule has 1 aromatic heterocycles. The standard InChI is InChI=1S/C21H24N4O3/c1-15(17-6-8-18(9-7-17)25-14-22-13-23-25)24(2)21(26)12-16-5-10-19(27-3)20(11-16)28-4/h5-11,13-15H,12H2,1-4H3. The molecule has 1 amide bonds. The summed E-state index contributed by atoms with van der Waals surface area (Å²) in [5.41, 5.74) is 2.85. The average molecular weight is 380 g/mol. The highest BCUT2D eigenvalue weighted by molar-refractivity contribution is 5.79. The fourth-order valence-electron chi connectivity index (χ4n) is 2.98. The van der Waals surface area contributed by atoms with Gasteiger partial charge in [0.2, 0.25) is 5.91 Å². The van der Waals surface area contributed by atoms with Gasteiger partial charge in [0.25, 0.3) is 0 Å². The van der Waals surface area contributed by atoms with Crippen molar-refractivity contribution in [1.82, 2.24) is 19.7 Å². The van der Waals surface area contributed by atoms with Crippen molar-refractivity contribution in [2.75, 3.05) is 21.3 Å². The zero-order chi connectivity index (χ0) is 20.1. The van der Waals surface area contributed by atoms with Crippen LogP contribution in [0.15, 0.2) is 55.1 Å². The number of hydrogen-bond acceptors (Lipinski definition) is 5. The minimum atomic E-state index is -0.0579. The van der Waals surface area contributed by atoms with Crippen molar-refractivity contribution in [2.24, 2.45) is 0 Å². The molecule has 7 heteroatoms. The number of nitrogens with zero attached hydrogens (tertiary/aromatic N) is 4. The van der Waals surface area contributed by atoms with E-state index in [-0.39, 0.29) is 18.4 Å². The summed E-state index contributed by atoms with van der Waals surface area (Å²) in [4.78, 5) is 18.5. The average Bonchev–Trinajstić information content (AvgIpc) is 3.27. The van der Waals surface area contributed by atoms with Crippen molar-refractivity contribution < 1.29 is 14.3 Å². The first-order chi connectivity index (χ1) is 13.5. The van der Waals surface area contributed by atoms with E-state index in [0.29, 0.717) is 11.5 Å². The smallest absolute Gasteiger partial charge is 0.227 e. The van der Waals surface area contributed by atoms with Crippen molar-refractivity contribution in [2.45, 2.75) is 19.4 Å². The molecule has 1 unspecified atom stereocenters. The zero-order valence-corrected chi connectivity index (χ0v) is 16.5. The Bertz CT molecular complexity index is 923. The van der Waals surface area contributed by atoms with Crippen LogP contribution in [0, 0.1) is 0 Å². The lowest BCUT2D eigenvalue weighted by Crippen LogP contribution is -2.31. The predicted molar refractivity (Wildman–Crippen MR) is 106 cm³/mol. The van der Waals surface area contributed by atoms with Gasteiger partial charge in [0.05, 0.1) is 32.4 Å². The minimum absolute atomic E-state index is 0.0278. The van der Waals surface area contributed by atoms with E-state index in [4.69, 9.17) is 9.47 Å². The molecule has 3 rings (SSSR count). The van der Waals surface area contributed by atoms with Gasteiger partial charge in [0, 0.05) is 7.05 Å². The Morgan fingerprint density at radius 2 is 1.82 bits per heavy atom. The second-order valence-corrected chi connectivity index (χ2v) is 6.48. The summed E-state index contributed by atoms with van der Waals surface area (Å²) in [6, 6.07) is 13.4. The van der Waals surface area contributed by atoms with Gasteiger partial charge in [-0.15, -0.1) is 0 Å². The third-order valence-corrected chi connectivity index (χ3v) is 4.84. The molecule has 146 valence electrons. The predicted octanol–water partition coefficient (Wildman–Crippen LogP) is 3.05. The summed E-state index contributed by atoms with van der Waals surface area (Å²) >= 11 is 0. The van der Waals surface area contributed by atoms with Crippen LogP contribution >= 0.6 is 0 Å². The number of carbonyl (C=O) groups excluding carboxylic acids is 1. The number of aromatic nitrogens is 3. The van der Waals surface area contributed by atoms with E-state index in [1.165, 1.54) is 6.33 Å². The summed E-state index contributed by atoms with van der Waals surface area (Å²) in [7, 11) is 4.99. The van der Waals surface area contributed by atoms with Crippen LogP contribution in [-0.4, -0.2) is 46.8 Å². The van der Waals surface area contributed by atoms with Crippen molar-refractivity contribution in [1.29, 1.82) is 0 Å². The topological polar surface area (TPSA) is 69.5 Å². The number of likely N-dealkylation sites (N-methyl/N-ethyl adjacent to an activating group) is 1. The van der Waals surface area contributed by atoms with Crippen LogP contribution in [0.3, 0.4) is 0 Å². The number of amides is 1. The lowest BCUT2D eigenvalue weighted by molar-refractivity contribution is -0.131. The van der Waals surface area contributed by atoms with Gasteiger partial charge in [-0.25, -0.2) is 9.67 Å². The second kappa shape index (κ2) is 8.56. The van der Waals surface area contributed by atoms with Crippen LogP contribution in [-0.2, 0) is 11.2 Å². The molecular formula is C21H24N4O3. The van der Waals surface area contributed by atoms with Crippen LogP contribution in [0.1, 0.15) is 24.1 Å². The van der Waals surface area contributed by atoms with Gasteiger partial charge in [0.15, 0.2) is 11.5 Å². The zero-order valence-electron chi connectivity index (χ0n) is 16.5. The molecule has 0 aliphatic rings.